The number of hydrogen-bond donors (Lipinski definition) is 0. The van der Waals surface area contributed by atoms with Crippen LogP contribution in [0.3, 0.4) is 0 Å². The van der Waals surface area contributed by atoms with Crippen LogP contribution in [0, 0.1) is 3.57 Å². The minimum atomic E-state index is -5.40. The van der Waals surface area contributed by atoms with Gasteiger partial charge in [-0.05, 0) is 34.7 Å². The van der Waals surface area contributed by atoms with Crippen molar-refractivity contribution < 1.29 is 40.6 Å². The third-order valence-corrected chi connectivity index (χ3v) is 5.11. The third-order valence-electron chi connectivity index (χ3n) is 3.94. The van der Waals surface area contributed by atoms with Crippen LogP contribution in [0.15, 0.2) is 48.5 Å². The van der Waals surface area contributed by atoms with Crippen LogP contribution in [-0.2, 0) is 19.9 Å². The summed E-state index contributed by atoms with van der Waals surface area (Å²) in [6.07, 6.45) is -13.5. The van der Waals surface area contributed by atoms with Gasteiger partial charge in [0.25, 0.3) is 5.60 Å². The van der Waals surface area contributed by atoms with Gasteiger partial charge >= 0.3 is 18.3 Å². The van der Waals surface area contributed by atoms with Crippen molar-refractivity contribution >= 4 is 40.2 Å². The SMILES string of the molecule is COC(C(=O)O[C@H](c1ccc(Cl)cc1I)C(F)(F)F)(c1ccccc1)C(F)(F)F. The molecule has 0 bridgehead atoms. The topological polar surface area (TPSA) is 35.5 Å². The molecular weight excluding hydrogens is 541 g/mol. The molecule has 0 saturated carbocycles. The minimum absolute atomic E-state index is 0.0417. The highest BCUT2D eigenvalue weighted by Crippen LogP contribution is 2.46. The maximum Gasteiger partial charge on any atom is 0.432 e. The molecule has 2 atom stereocenters. The highest BCUT2D eigenvalue weighted by atomic mass is 127. The van der Waals surface area contributed by atoms with Gasteiger partial charge in [-0.1, -0.05) is 48.0 Å². The average molecular weight is 553 g/mol. The predicted molar refractivity (Wildman–Crippen MR) is 100 cm³/mol. The Bertz CT molecular complexity index is 872. The second kappa shape index (κ2) is 8.68. The fourth-order valence-corrected chi connectivity index (χ4v) is 3.75. The summed E-state index contributed by atoms with van der Waals surface area (Å²) in [5.74, 6) is -2.24. The molecule has 1 unspecified atom stereocenters. The quantitative estimate of drug-likeness (QED) is 0.252. The predicted octanol–water partition coefficient (Wildman–Crippen LogP) is 6.20. The Morgan fingerprint density at radius 3 is 2.07 bits per heavy atom. The van der Waals surface area contributed by atoms with Crippen LogP contribution in [0.25, 0.3) is 0 Å². The van der Waals surface area contributed by atoms with Crippen molar-refractivity contribution in [3.63, 3.8) is 0 Å². The summed E-state index contributed by atoms with van der Waals surface area (Å²) in [5.41, 5.74) is -5.02. The molecule has 158 valence electrons. The first-order valence-corrected chi connectivity index (χ1v) is 9.20. The van der Waals surface area contributed by atoms with Gasteiger partial charge in [-0.15, -0.1) is 0 Å². The van der Waals surface area contributed by atoms with Gasteiger partial charge in [-0.25, -0.2) is 4.79 Å². The average Bonchev–Trinajstić information content (AvgIpc) is 2.60. The first kappa shape index (κ1) is 23.7. The monoisotopic (exact) mass is 552 g/mol. The number of alkyl halides is 6. The molecule has 0 radical (unpaired) electrons. The summed E-state index contributed by atoms with van der Waals surface area (Å²) in [5, 5.41) is 0.108. The lowest BCUT2D eigenvalue weighted by Gasteiger charge is -2.34. The number of methoxy groups -OCH3 is 1. The van der Waals surface area contributed by atoms with E-state index in [1.54, 1.807) is 0 Å². The summed E-state index contributed by atoms with van der Waals surface area (Å²) in [6.45, 7) is 0. The maximum atomic E-state index is 13.9. The summed E-state index contributed by atoms with van der Waals surface area (Å²) >= 11 is 7.23. The fraction of sp³-hybridized carbons (Fsp3) is 0.278. The molecule has 0 aliphatic heterocycles. The molecule has 29 heavy (non-hydrogen) atoms. The fourth-order valence-electron chi connectivity index (χ4n) is 2.60. The van der Waals surface area contributed by atoms with Crippen molar-refractivity contribution in [3.05, 3.63) is 68.3 Å². The number of halogens is 8. The zero-order valence-electron chi connectivity index (χ0n) is 14.4. The minimum Gasteiger partial charge on any atom is -0.445 e. The molecule has 0 heterocycles. The van der Waals surface area contributed by atoms with Crippen LogP contribution < -0.4 is 0 Å². The second-order valence-electron chi connectivity index (χ2n) is 5.74. The molecule has 2 aromatic carbocycles. The van der Waals surface area contributed by atoms with E-state index < -0.39 is 41.2 Å². The van der Waals surface area contributed by atoms with E-state index in [4.69, 9.17) is 11.6 Å². The molecule has 0 saturated heterocycles. The molecule has 2 aromatic rings. The Labute approximate surface area is 180 Å². The summed E-state index contributed by atoms with van der Waals surface area (Å²) in [7, 11) is 0.566. The summed E-state index contributed by atoms with van der Waals surface area (Å²) in [6, 6.07) is 8.77. The molecule has 11 heteroatoms. The number of benzene rings is 2. The van der Waals surface area contributed by atoms with E-state index in [0.717, 1.165) is 30.3 Å². The van der Waals surface area contributed by atoms with Crippen LogP contribution >= 0.6 is 34.2 Å². The first-order chi connectivity index (χ1) is 13.3. The van der Waals surface area contributed by atoms with E-state index in [1.165, 1.54) is 40.8 Å². The molecular formula is C18H12ClF6IO3. The lowest BCUT2D eigenvalue weighted by atomic mass is 9.92. The molecule has 0 spiro atoms. The molecule has 0 aromatic heterocycles. The smallest absolute Gasteiger partial charge is 0.432 e. The van der Waals surface area contributed by atoms with Crippen LogP contribution in [0.5, 0.6) is 0 Å². The Kier molecular flexibility index (Phi) is 7.11. The van der Waals surface area contributed by atoms with Gasteiger partial charge in [0, 0.05) is 26.8 Å². The zero-order chi connectivity index (χ0) is 22.0. The molecule has 3 nitrogen and oxygen atoms in total. The van der Waals surface area contributed by atoms with E-state index in [1.807, 2.05) is 0 Å². The van der Waals surface area contributed by atoms with Crippen LogP contribution in [0.1, 0.15) is 17.2 Å². The van der Waals surface area contributed by atoms with Crippen molar-refractivity contribution in [2.24, 2.45) is 0 Å². The van der Waals surface area contributed by atoms with E-state index in [-0.39, 0.29) is 8.59 Å². The first-order valence-electron chi connectivity index (χ1n) is 7.74. The van der Waals surface area contributed by atoms with E-state index >= 15 is 0 Å². The Balaban J connectivity index is 2.58. The number of hydrogen-bond acceptors (Lipinski definition) is 3. The summed E-state index contributed by atoms with van der Waals surface area (Å²) in [4.78, 5) is 12.6. The lowest BCUT2D eigenvalue weighted by Crippen LogP contribution is -2.52. The maximum absolute atomic E-state index is 13.9. The van der Waals surface area contributed by atoms with E-state index in [2.05, 4.69) is 9.47 Å². The molecule has 2 rings (SSSR count). The Morgan fingerprint density at radius 2 is 1.62 bits per heavy atom. The standard InChI is InChI=1S/C18H12ClF6IO3/c1-28-16(18(23,24)25,10-5-3-2-4-6-10)15(27)29-14(17(20,21)22)12-8-7-11(19)9-13(12)26/h2-9,14H,1H3/t14-,16?/m1/s1. The molecule has 0 fully saturated rings. The van der Waals surface area contributed by atoms with Crippen molar-refractivity contribution in [3.8, 4) is 0 Å². The van der Waals surface area contributed by atoms with E-state index in [9.17, 15) is 31.1 Å². The number of rotatable bonds is 5. The van der Waals surface area contributed by atoms with Gasteiger partial charge in [-0.2, -0.15) is 26.3 Å². The Morgan fingerprint density at radius 1 is 1.03 bits per heavy atom. The van der Waals surface area contributed by atoms with Crippen LogP contribution in [-0.4, -0.2) is 25.4 Å². The van der Waals surface area contributed by atoms with E-state index in [0.29, 0.717) is 7.11 Å². The van der Waals surface area contributed by atoms with Gasteiger partial charge in [-0.3, -0.25) is 0 Å². The molecule has 0 aliphatic carbocycles. The number of ether oxygens (including phenoxy) is 2. The van der Waals surface area contributed by atoms with Crippen molar-refractivity contribution in [1.82, 2.24) is 0 Å². The molecule has 0 aliphatic rings. The zero-order valence-corrected chi connectivity index (χ0v) is 17.4. The van der Waals surface area contributed by atoms with Crippen molar-refractivity contribution in [2.45, 2.75) is 24.1 Å². The summed E-state index contributed by atoms with van der Waals surface area (Å²) < 4.78 is 91.2. The van der Waals surface area contributed by atoms with Gasteiger partial charge in [0.05, 0.1) is 0 Å². The van der Waals surface area contributed by atoms with Crippen molar-refractivity contribution in [2.75, 3.05) is 7.11 Å². The number of esters is 1. The van der Waals surface area contributed by atoms with Crippen LogP contribution in [0.4, 0.5) is 26.3 Å². The highest BCUT2D eigenvalue weighted by molar-refractivity contribution is 14.1. The number of carbonyl (C=O) groups excluding carboxylic acids is 1. The highest BCUT2D eigenvalue weighted by Gasteiger charge is 2.65. The van der Waals surface area contributed by atoms with Crippen molar-refractivity contribution in [1.29, 1.82) is 0 Å². The molecule has 0 N–H and O–H groups in total. The van der Waals surface area contributed by atoms with Gasteiger partial charge in [0.1, 0.15) is 0 Å². The molecule has 0 amide bonds. The lowest BCUT2D eigenvalue weighted by molar-refractivity contribution is -0.289. The van der Waals surface area contributed by atoms with Crippen LogP contribution in [0.2, 0.25) is 5.02 Å². The van der Waals surface area contributed by atoms with Gasteiger partial charge < -0.3 is 9.47 Å². The Hall–Kier alpha value is -1.53. The van der Waals surface area contributed by atoms with Gasteiger partial charge in [0.15, 0.2) is 0 Å². The second-order valence-corrected chi connectivity index (χ2v) is 7.34. The largest absolute Gasteiger partial charge is 0.445 e. The normalized spacial score (nSPS) is 15.5. The number of carbonyl (C=O) groups is 1. The van der Waals surface area contributed by atoms with Gasteiger partial charge in [0.2, 0.25) is 6.10 Å². The third kappa shape index (κ3) is 4.80.